The van der Waals surface area contributed by atoms with Crippen LogP contribution < -0.4 is 5.73 Å². The first-order valence-corrected chi connectivity index (χ1v) is 4.19. The fourth-order valence-corrected chi connectivity index (χ4v) is 0.878. The lowest BCUT2D eigenvalue weighted by Gasteiger charge is -2.00. The molecule has 0 saturated carbocycles. The number of nitrogens with two attached hydrogens (primary N) is 1. The molecule has 0 aromatic rings. The summed E-state index contributed by atoms with van der Waals surface area (Å²) in [6, 6.07) is 0. The molecule has 0 aliphatic heterocycles. The first-order chi connectivity index (χ1) is 5.27. The Morgan fingerprint density at radius 1 is 1.27 bits per heavy atom. The molecule has 0 radical (unpaired) electrons. The van der Waals surface area contributed by atoms with Crippen molar-refractivity contribution >= 4 is 6.09 Å². The molecule has 0 heterocycles. The van der Waals surface area contributed by atoms with Crippen molar-refractivity contribution in [3.8, 4) is 0 Å². The van der Waals surface area contributed by atoms with Crippen molar-refractivity contribution in [3.05, 3.63) is 0 Å². The van der Waals surface area contributed by atoms with Crippen LogP contribution in [0.4, 0.5) is 4.79 Å². The van der Waals surface area contributed by atoms with Crippen molar-refractivity contribution < 1.29 is 9.53 Å². The van der Waals surface area contributed by atoms with Crippen LogP contribution in [0, 0.1) is 0 Å². The van der Waals surface area contributed by atoms with Crippen molar-refractivity contribution in [1.29, 1.82) is 0 Å². The van der Waals surface area contributed by atoms with Gasteiger partial charge in [-0.1, -0.05) is 32.6 Å². The van der Waals surface area contributed by atoms with Gasteiger partial charge in [-0.3, -0.25) is 0 Å². The van der Waals surface area contributed by atoms with Gasteiger partial charge in [0.15, 0.2) is 0 Å². The molecule has 11 heavy (non-hydrogen) atoms. The molecule has 0 bridgehead atoms. The summed E-state index contributed by atoms with van der Waals surface area (Å²) in [4.78, 5) is 10.1. The van der Waals surface area contributed by atoms with E-state index in [1.807, 2.05) is 0 Å². The van der Waals surface area contributed by atoms with E-state index in [0.717, 1.165) is 12.8 Å². The molecule has 3 nitrogen and oxygen atoms in total. The van der Waals surface area contributed by atoms with E-state index in [1.54, 1.807) is 0 Å². The SMILES string of the molecule is CCCCCCCOC(N)=O. The first kappa shape index (κ1) is 10.3. The smallest absolute Gasteiger partial charge is 0.404 e. The normalized spacial score (nSPS) is 9.55. The van der Waals surface area contributed by atoms with Crippen LogP contribution >= 0.6 is 0 Å². The van der Waals surface area contributed by atoms with Crippen LogP contribution in [0.5, 0.6) is 0 Å². The van der Waals surface area contributed by atoms with E-state index in [9.17, 15) is 4.79 Å². The van der Waals surface area contributed by atoms with E-state index in [0.29, 0.717) is 6.61 Å². The number of ether oxygens (including phenoxy) is 1. The Hall–Kier alpha value is -0.730. The van der Waals surface area contributed by atoms with Crippen LogP contribution in [0.25, 0.3) is 0 Å². The molecule has 0 aromatic heterocycles. The van der Waals surface area contributed by atoms with Crippen molar-refractivity contribution in [2.45, 2.75) is 39.0 Å². The number of hydrogen-bond donors (Lipinski definition) is 1. The third-order valence-electron chi connectivity index (χ3n) is 1.49. The number of amides is 1. The van der Waals surface area contributed by atoms with Gasteiger partial charge in [0.05, 0.1) is 6.61 Å². The second-order valence-electron chi connectivity index (χ2n) is 2.58. The maximum absolute atomic E-state index is 10.1. The molecule has 1 amide bonds. The molecule has 0 aliphatic carbocycles. The maximum Gasteiger partial charge on any atom is 0.404 e. The van der Waals surface area contributed by atoms with Gasteiger partial charge >= 0.3 is 6.09 Å². The van der Waals surface area contributed by atoms with Gasteiger partial charge in [-0.15, -0.1) is 0 Å². The zero-order chi connectivity index (χ0) is 8.53. The summed E-state index contributed by atoms with van der Waals surface area (Å²) in [5.74, 6) is 0. The van der Waals surface area contributed by atoms with Crippen LogP contribution in [-0.4, -0.2) is 12.7 Å². The van der Waals surface area contributed by atoms with Gasteiger partial charge in [-0.2, -0.15) is 0 Å². The number of carbonyl (C=O) groups is 1. The minimum absolute atomic E-state index is 0.471. The predicted molar refractivity (Wildman–Crippen MR) is 44.3 cm³/mol. The summed E-state index contributed by atoms with van der Waals surface area (Å²) in [5.41, 5.74) is 4.77. The molecule has 0 unspecified atom stereocenters. The van der Waals surface area contributed by atoms with Gasteiger partial charge in [-0.25, -0.2) is 4.79 Å². The van der Waals surface area contributed by atoms with E-state index in [4.69, 9.17) is 5.73 Å². The lowest BCUT2D eigenvalue weighted by molar-refractivity contribution is 0.154. The Morgan fingerprint density at radius 3 is 2.45 bits per heavy atom. The second kappa shape index (κ2) is 7.38. The Kier molecular flexibility index (Phi) is 6.89. The molecule has 0 rings (SSSR count). The first-order valence-electron chi connectivity index (χ1n) is 4.19. The molecule has 0 spiro atoms. The zero-order valence-electron chi connectivity index (χ0n) is 7.14. The zero-order valence-corrected chi connectivity index (χ0v) is 7.14. The minimum atomic E-state index is -0.666. The van der Waals surface area contributed by atoms with E-state index in [2.05, 4.69) is 11.7 Å². The molecule has 66 valence electrons. The van der Waals surface area contributed by atoms with Gasteiger partial charge in [-0.05, 0) is 6.42 Å². The van der Waals surface area contributed by atoms with Gasteiger partial charge in [0.2, 0.25) is 0 Å². The predicted octanol–water partition coefficient (Wildman–Crippen LogP) is 2.05. The fraction of sp³-hybridized carbons (Fsp3) is 0.875. The highest BCUT2D eigenvalue weighted by Gasteiger charge is 1.92. The van der Waals surface area contributed by atoms with Gasteiger partial charge in [0, 0.05) is 0 Å². The van der Waals surface area contributed by atoms with Crippen LogP contribution in [0.2, 0.25) is 0 Å². The van der Waals surface area contributed by atoms with Crippen molar-refractivity contribution in [2.24, 2.45) is 5.73 Å². The van der Waals surface area contributed by atoms with Crippen LogP contribution in [0.15, 0.2) is 0 Å². The average molecular weight is 159 g/mol. The minimum Gasteiger partial charge on any atom is -0.450 e. The topological polar surface area (TPSA) is 52.3 Å². The van der Waals surface area contributed by atoms with E-state index >= 15 is 0 Å². The van der Waals surface area contributed by atoms with E-state index < -0.39 is 6.09 Å². The number of unbranched alkanes of at least 4 members (excludes halogenated alkanes) is 4. The average Bonchev–Trinajstić information content (AvgIpc) is 1.96. The maximum atomic E-state index is 10.1. The molecule has 0 fully saturated rings. The Labute approximate surface area is 67.9 Å². The number of carbonyl (C=O) groups excluding carboxylic acids is 1. The third-order valence-corrected chi connectivity index (χ3v) is 1.49. The monoisotopic (exact) mass is 159 g/mol. The summed E-state index contributed by atoms with van der Waals surface area (Å²) >= 11 is 0. The Morgan fingerprint density at radius 2 is 1.91 bits per heavy atom. The van der Waals surface area contributed by atoms with Gasteiger partial charge < -0.3 is 10.5 Å². The summed E-state index contributed by atoms with van der Waals surface area (Å²) in [6.07, 6.45) is 5.11. The van der Waals surface area contributed by atoms with Crippen LogP contribution in [0.3, 0.4) is 0 Å². The quantitative estimate of drug-likeness (QED) is 0.603. The third kappa shape index (κ3) is 9.27. The molecular weight excluding hydrogens is 142 g/mol. The Bertz CT molecular complexity index is 104. The lowest BCUT2D eigenvalue weighted by Crippen LogP contribution is -2.13. The molecule has 3 heteroatoms. The summed E-state index contributed by atoms with van der Waals surface area (Å²) in [5, 5.41) is 0. The number of rotatable bonds is 6. The second-order valence-corrected chi connectivity index (χ2v) is 2.58. The standard InChI is InChI=1S/C8H17NO2/c1-2-3-4-5-6-7-11-8(9)10/h2-7H2,1H3,(H2,9,10). The molecule has 0 atom stereocenters. The van der Waals surface area contributed by atoms with Gasteiger partial charge in [0.1, 0.15) is 0 Å². The molecule has 2 N–H and O–H groups in total. The summed E-state index contributed by atoms with van der Waals surface area (Å²) in [6.45, 7) is 2.64. The number of hydrogen-bond acceptors (Lipinski definition) is 2. The molecular formula is C8H17NO2. The van der Waals surface area contributed by atoms with Crippen LogP contribution in [0.1, 0.15) is 39.0 Å². The largest absolute Gasteiger partial charge is 0.450 e. The van der Waals surface area contributed by atoms with Crippen molar-refractivity contribution in [3.63, 3.8) is 0 Å². The van der Waals surface area contributed by atoms with E-state index in [-0.39, 0.29) is 0 Å². The van der Waals surface area contributed by atoms with Crippen molar-refractivity contribution in [2.75, 3.05) is 6.61 Å². The summed E-state index contributed by atoms with van der Waals surface area (Å²) < 4.78 is 4.56. The molecule has 0 saturated heterocycles. The fourth-order valence-electron chi connectivity index (χ4n) is 0.878. The number of primary amides is 1. The van der Waals surface area contributed by atoms with Crippen LogP contribution in [-0.2, 0) is 4.74 Å². The van der Waals surface area contributed by atoms with Crippen molar-refractivity contribution in [1.82, 2.24) is 0 Å². The highest BCUT2D eigenvalue weighted by Crippen LogP contribution is 2.01. The molecule has 0 aromatic carbocycles. The lowest BCUT2D eigenvalue weighted by atomic mass is 10.2. The summed E-state index contributed by atoms with van der Waals surface area (Å²) in [7, 11) is 0. The van der Waals surface area contributed by atoms with E-state index in [1.165, 1.54) is 19.3 Å². The van der Waals surface area contributed by atoms with Gasteiger partial charge in [0.25, 0.3) is 0 Å². The Balaban J connectivity index is 2.85. The highest BCUT2D eigenvalue weighted by molar-refractivity contribution is 5.64. The highest BCUT2D eigenvalue weighted by atomic mass is 16.5. The molecule has 0 aliphatic rings.